The highest BCUT2D eigenvalue weighted by atomic mass is 15.0. The zero-order valence-electron chi connectivity index (χ0n) is 9.81. The van der Waals surface area contributed by atoms with Crippen LogP contribution in [0.1, 0.15) is 58.8 Å². The molecule has 1 heteroatoms. The Bertz CT molecular complexity index is 180. The molecule has 0 spiro atoms. The van der Waals surface area contributed by atoms with Crippen molar-refractivity contribution in [2.45, 2.75) is 64.8 Å². The molecule has 1 nitrogen and oxygen atoms in total. The maximum Gasteiger partial charge on any atom is 0.0124 e. The molecule has 0 saturated heterocycles. The van der Waals surface area contributed by atoms with E-state index in [0.29, 0.717) is 5.41 Å². The van der Waals surface area contributed by atoms with Crippen LogP contribution >= 0.6 is 0 Å². The van der Waals surface area contributed by atoms with Crippen molar-refractivity contribution in [3.05, 3.63) is 0 Å². The monoisotopic (exact) mass is 195 g/mol. The number of hydrogen-bond donors (Lipinski definition) is 1. The summed E-state index contributed by atoms with van der Waals surface area (Å²) in [5, 5.41) is 3.69. The lowest BCUT2D eigenvalue weighted by atomic mass is 9.87. The lowest BCUT2D eigenvalue weighted by Crippen LogP contribution is -2.24. The van der Waals surface area contributed by atoms with E-state index < -0.39 is 0 Å². The first kappa shape index (κ1) is 10.5. The van der Waals surface area contributed by atoms with Gasteiger partial charge in [-0.25, -0.2) is 0 Å². The van der Waals surface area contributed by atoms with Gasteiger partial charge < -0.3 is 5.32 Å². The van der Waals surface area contributed by atoms with E-state index in [2.05, 4.69) is 19.2 Å². The van der Waals surface area contributed by atoms with Gasteiger partial charge in [-0.15, -0.1) is 0 Å². The number of hydrogen-bond acceptors (Lipinski definition) is 1. The fourth-order valence-corrected chi connectivity index (χ4v) is 2.75. The van der Waals surface area contributed by atoms with Crippen LogP contribution in [0.4, 0.5) is 0 Å². The molecule has 0 aliphatic heterocycles. The third-order valence-corrected chi connectivity index (χ3v) is 4.18. The van der Waals surface area contributed by atoms with E-state index >= 15 is 0 Å². The summed E-state index contributed by atoms with van der Waals surface area (Å²) in [6, 6.07) is 0.825. The Balaban J connectivity index is 1.54. The van der Waals surface area contributed by atoms with Gasteiger partial charge in [0.2, 0.25) is 0 Å². The van der Waals surface area contributed by atoms with Crippen molar-refractivity contribution in [1.82, 2.24) is 5.32 Å². The summed E-state index contributed by atoms with van der Waals surface area (Å²) in [7, 11) is 0. The molecule has 0 heterocycles. The predicted octanol–water partition coefficient (Wildman–Crippen LogP) is 3.34. The molecule has 0 amide bonds. The summed E-state index contributed by atoms with van der Waals surface area (Å²) in [5.74, 6) is 1.04. The summed E-state index contributed by atoms with van der Waals surface area (Å²) in [5.41, 5.74) is 0.604. The van der Waals surface area contributed by atoms with E-state index in [1.807, 2.05) is 0 Å². The Morgan fingerprint density at radius 1 is 1.14 bits per heavy atom. The Kier molecular flexibility index (Phi) is 3.16. The Hall–Kier alpha value is -0.0400. The second-order valence-corrected chi connectivity index (χ2v) is 5.99. The van der Waals surface area contributed by atoms with Gasteiger partial charge in [0.15, 0.2) is 0 Å². The number of nitrogens with one attached hydrogen (secondary N) is 1. The first-order valence-electron chi connectivity index (χ1n) is 6.42. The molecule has 0 aromatic rings. The van der Waals surface area contributed by atoms with Gasteiger partial charge in [0, 0.05) is 6.04 Å². The van der Waals surface area contributed by atoms with Crippen molar-refractivity contribution in [2.24, 2.45) is 11.3 Å². The van der Waals surface area contributed by atoms with E-state index in [1.165, 1.54) is 51.5 Å². The van der Waals surface area contributed by atoms with Gasteiger partial charge >= 0.3 is 0 Å². The van der Waals surface area contributed by atoms with Crippen LogP contribution in [0.5, 0.6) is 0 Å². The van der Waals surface area contributed by atoms with Gasteiger partial charge in [0.25, 0.3) is 0 Å². The van der Waals surface area contributed by atoms with Crippen molar-refractivity contribution in [1.29, 1.82) is 0 Å². The normalized spacial score (nSPS) is 31.7. The predicted molar refractivity (Wildman–Crippen MR) is 61.4 cm³/mol. The van der Waals surface area contributed by atoms with E-state index in [1.54, 1.807) is 0 Å². The van der Waals surface area contributed by atoms with Crippen LogP contribution in [-0.2, 0) is 0 Å². The summed E-state index contributed by atoms with van der Waals surface area (Å²) in [6.45, 7) is 6.00. The largest absolute Gasteiger partial charge is 0.313 e. The van der Waals surface area contributed by atoms with Crippen molar-refractivity contribution in [2.75, 3.05) is 6.54 Å². The van der Waals surface area contributed by atoms with Crippen LogP contribution in [0.15, 0.2) is 0 Å². The van der Waals surface area contributed by atoms with Crippen molar-refractivity contribution in [3.63, 3.8) is 0 Å². The van der Waals surface area contributed by atoms with Gasteiger partial charge in [-0.1, -0.05) is 46.0 Å². The van der Waals surface area contributed by atoms with Gasteiger partial charge in [-0.2, -0.15) is 0 Å². The first-order valence-corrected chi connectivity index (χ1v) is 6.42. The summed E-state index contributed by atoms with van der Waals surface area (Å²) in [6.07, 6.45) is 10.3. The topological polar surface area (TPSA) is 12.0 Å². The van der Waals surface area contributed by atoms with E-state index in [9.17, 15) is 0 Å². The van der Waals surface area contributed by atoms with Crippen molar-refractivity contribution >= 4 is 0 Å². The van der Waals surface area contributed by atoms with Crippen molar-refractivity contribution < 1.29 is 0 Å². The maximum atomic E-state index is 3.69. The van der Waals surface area contributed by atoms with Gasteiger partial charge in [-0.3, -0.25) is 0 Å². The summed E-state index contributed by atoms with van der Waals surface area (Å²) >= 11 is 0. The molecule has 0 bridgehead atoms. The summed E-state index contributed by atoms with van der Waals surface area (Å²) in [4.78, 5) is 0. The van der Waals surface area contributed by atoms with Crippen LogP contribution in [0.3, 0.4) is 0 Å². The molecule has 0 aromatic heterocycles. The van der Waals surface area contributed by atoms with Gasteiger partial charge in [-0.05, 0) is 30.7 Å². The minimum Gasteiger partial charge on any atom is -0.313 e. The minimum atomic E-state index is 0.604. The fourth-order valence-electron chi connectivity index (χ4n) is 2.75. The molecule has 2 aliphatic carbocycles. The molecular formula is C13H25N. The second kappa shape index (κ2) is 4.22. The number of rotatable bonds is 4. The standard InChI is InChI=1S/C13H25N/c1-13(2)10-12(13)14-9-8-11-6-4-3-5-7-11/h11-12,14H,3-10H2,1-2H3. The smallest absolute Gasteiger partial charge is 0.0124 e. The average molecular weight is 195 g/mol. The highest BCUT2D eigenvalue weighted by Crippen LogP contribution is 2.44. The molecule has 14 heavy (non-hydrogen) atoms. The maximum absolute atomic E-state index is 3.69. The van der Waals surface area contributed by atoms with Gasteiger partial charge in [0.1, 0.15) is 0 Å². The average Bonchev–Trinajstić information content (AvgIpc) is 2.76. The molecule has 1 atom stereocenters. The third-order valence-electron chi connectivity index (χ3n) is 4.18. The van der Waals surface area contributed by atoms with E-state index in [4.69, 9.17) is 0 Å². The van der Waals surface area contributed by atoms with Crippen LogP contribution in [-0.4, -0.2) is 12.6 Å². The zero-order chi connectivity index (χ0) is 10.0. The highest BCUT2D eigenvalue weighted by molar-refractivity contribution is 5.01. The molecule has 1 unspecified atom stereocenters. The van der Waals surface area contributed by atoms with Crippen LogP contribution in [0.2, 0.25) is 0 Å². The first-order chi connectivity index (χ1) is 6.68. The van der Waals surface area contributed by atoms with Crippen molar-refractivity contribution in [3.8, 4) is 0 Å². The van der Waals surface area contributed by atoms with Crippen LogP contribution in [0.25, 0.3) is 0 Å². The molecule has 2 rings (SSSR count). The Labute approximate surface area is 88.7 Å². The SMILES string of the molecule is CC1(C)CC1NCCC1CCCCC1. The molecule has 1 N–H and O–H groups in total. The third kappa shape index (κ3) is 2.73. The molecular weight excluding hydrogens is 170 g/mol. The Morgan fingerprint density at radius 3 is 2.36 bits per heavy atom. The molecule has 2 saturated carbocycles. The van der Waals surface area contributed by atoms with Crippen LogP contribution in [0, 0.1) is 11.3 Å². The van der Waals surface area contributed by atoms with Gasteiger partial charge in [0.05, 0.1) is 0 Å². The molecule has 0 radical (unpaired) electrons. The second-order valence-electron chi connectivity index (χ2n) is 5.99. The molecule has 2 aliphatic rings. The van der Waals surface area contributed by atoms with Crippen LogP contribution < -0.4 is 5.32 Å². The fraction of sp³-hybridized carbons (Fsp3) is 1.00. The summed E-state index contributed by atoms with van der Waals surface area (Å²) < 4.78 is 0. The quantitative estimate of drug-likeness (QED) is 0.725. The zero-order valence-corrected chi connectivity index (χ0v) is 9.81. The molecule has 82 valence electrons. The lowest BCUT2D eigenvalue weighted by molar-refractivity contribution is 0.331. The molecule has 2 fully saturated rings. The lowest BCUT2D eigenvalue weighted by Gasteiger charge is -2.21. The minimum absolute atomic E-state index is 0.604. The van der Waals surface area contributed by atoms with E-state index in [-0.39, 0.29) is 0 Å². The molecule has 0 aromatic carbocycles. The Morgan fingerprint density at radius 2 is 1.79 bits per heavy atom. The highest BCUT2D eigenvalue weighted by Gasteiger charge is 2.44. The van der Waals surface area contributed by atoms with E-state index in [0.717, 1.165) is 12.0 Å².